The summed E-state index contributed by atoms with van der Waals surface area (Å²) in [5.74, 6) is 0.409. The van der Waals surface area contributed by atoms with Gasteiger partial charge in [-0.15, -0.1) is 0 Å². The van der Waals surface area contributed by atoms with E-state index in [2.05, 4.69) is 9.88 Å². The highest BCUT2D eigenvalue weighted by molar-refractivity contribution is 5.98. The van der Waals surface area contributed by atoms with E-state index in [9.17, 15) is 9.59 Å². The van der Waals surface area contributed by atoms with Crippen molar-refractivity contribution in [2.24, 2.45) is 5.92 Å². The lowest BCUT2D eigenvalue weighted by molar-refractivity contribution is -0.136. The Kier molecular flexibility index (Phi) is 5.60. The summed E-state index contributed by atoms with van der Waals surface area (Å²) in [4.78, 5) is 34.5. The van der Waals surface area contributed by atoms with Crippen molar-refractivity contribution in [2.45, 2.75) is 45.4 Å². The monoisotopic (exact) mass is 379 g/mol. The molecule has 28 heavy (non-hydrogen) atoms. The largest absolute Gasteiger partial charge is 0.342 e. The van der Waals surface area contributed by atoms with Gasteiger partial charge in [0.05, 0.1) is 16.8 Å². The number of fused-ring (bicyclic) bond motifs is 1. The van der Waals surface area contributed by atoms with E-state index in [-0.39, 0.29) is 11.8 Å². The van der Waals surface area contributed by atoms with E-state index in [1.807, 2.05) is 42.2 Å². The van der Waals surface area contributed by atoms with Crippen LogP contribution in [0.5, 0.6) is 0 Å². The highest BCUT2D eigenvalue weighted by atomic mass is 16.2. The van der Waals surface area contributed by atoms with Gasteiger partial charge in [0.1, 0.15) is 0 Å². The maximum absolute atomic E-state index is 13.1. The van der Waals surface area contributed by atoms with Crippen LogP contribution >= 0.6 is 0 Å². The van der Waals surface area contributed by atoms with E-state index in [1.54, 1.807) is 0 Å². The summed E-state index contributed by atoms with van der Waals surface area (Å²) in [5.41, 5.74) is 2.36. The number of nitrogens with zero attached hydrogens (tertiary/aromatic N) is 3. The zero-order valence-electron chi connectivity index (χ0n) is 16.7. The maximum Gasteiger partial charge on any atom is 0.255 e. The number of para-hydroxylation sites is 1. The molecule has 3 heterocycles. The third-order valence-electron chi connectivity index (χ3n) is 6.19. The Morgan fingerprint density at radius 2 is 1.61 bits per heavy atom. The van der Waals surface area contributed by atoms with Gasteiger partial charge in [-0.2, -0.15) is 0 Å². The van der Waals surface area contributed by atoms with Gasteiger partial charge in [-0.3, -0.25) is 14.6 Å². The second-order valence-electron chi connectivity index (χ2n) is 8.12. The van der Waals surface area contributed by atoms with E-state index < -0.39 is 0 Å². The standard InChI is InChI=1S/C23H29N3O2/c1-17-20(16-19-8-4-5-9-21(19)24-17)23(28)26-14-10-18(11-15-26)22(27)25-12-6-2-3-7-13-25/h4-5,8-9,16,18H,2-3,6-7,10-15H2,1H3. The summed E-state index contributed by atoms with van der Waals surface area (Å²) in [6.07, 6.45) is 6.24. The van der Waals surface area contributed by atoms with Gasteiger partial charge in [0, 0.05) is 37.5 Å². The molecular weight excluding hydrogens is 350 g/mol. The molecule has 148 valence electrons. The summed E-state index contributed by atoms with van der Waals surface area (Å²) in [6, 6.07) is 9.84. The first-order chi connectivity index (χ1) is 13.6. The number of likely N-dealkylation sites (tertiary alicyclic amines) is 2. The molecule has 0 aliphatic carbocycles. The lowest BCUT2D eigenvalue weighted by Gasteiger charge is -2.34. The number of benzene rings is 1. The van der Waals surface area contributed by atoms with Crippen LogP contribution in [-0.2, 0) is 4.79 Å². The average Bonchev–Trinajstić information content (AvgIpc) is 3.02. The average molecular weight is 380 g/mol. The van der Waals surface area contributed by atoms with Gasteiger partial charge in [-0.1, -0.05) is 31.0 Å². The minimum absolute atomic E-state index is 0.0384. The fourth-order valence-electron chi connectivity index (χ4n) is 4.48. The Labute approximate surface area is 166 Å². The SMILES string of the molecule is Cc1nc2ccccc2cc1C(=O)N1CCC(C(=O)N2CCCCCC2)CC1. The molecule has 2 fully saturated rings. The molecular formula is C23H29N3O2. The fourth-order valence-corrected chi connectivity index (χ4v) is 4.48. The van der Waals surface area contributed by atoms with Gasteiger partial charge >= 0.3 is 0 Å². The molecule has 0 saturated carbocycles. The molecule has 2 aliphatic heterocycles. The molecule has 0 radical (unpaired) electrons. The topological polar surface area (TPSA) is 53.5 Å². The highest BCUT2D eigenvalue weighted by Gasteiger charge is 2.31. The number of piperidine rings is 1. The van der Waals surface area contributed by atoms with Gasteiger partial charge in [-0.25, -0.2) is 0 Å². The number of hydrogen-bond donors (Lipinski definition) is 0. The van der Waals surface area contributed by atoms with Gasteiger partial charge in [0.2, 0.25) is 5.91 Å². The number of amides is 2. The smallest absolute Gasteiger partial charge is 0.255 e. The molecule has 0 N–H and O–H groups in total. The number of aromatic nitrogens is 1. The number of rotatable bonds is 2. The molecule has 5 heteroatoms. The number of aryl methyl sites for hydroxylation is 1. The summed E-state index contributed by atoms with van der Waals surface area (Å²) >= 11 is 0. The zero-order chi connectivity index (χ0) is 19.5. The lowest BCUT2D eigenvalue weighted by Crippen LogP contribution is -2.44. The molecule has 1 aromatic heterocycles. The van der Waals surface area contributed by atoms with Crippen molar-refractivity contribution in [1.29, 1.82) is 0 Å². The molecule has 0 spiro atoms. The van der Waals surface area contributed by atoms with Crippen LogP contribution in [0.2, 0.25) is 0 Å². The Balaban J connectivity index is 1.41. The predicted molar refractivity (Wildman–Crippen MR) is 110 cm³/mol. The van der Waals surface area contributed by atoms with E-state index in [1.165, 1.54) is 12.8 Å². The number of carbonyl (C=O) groups is 2. The fraction of sp³-hybridized carbons (Fsp3) is 0.522. The van der Waals surface area contributed by atoms with Crippen molar-refractivity contribution in [3.05, 3.63) is 41.6 Å². The van der Waals surface area contributed by atoms with Crippen molar-refractivity contribution in [2.75, 3.05) is 26.2 Å². The van der Waals surface area contributed by atoms with Crippen LogP contribution in [0.25, 0.3) is 10.9 Å². The molecule has 1 aromatic carbocycles. The van der Waals surface area contributed by atoms with E-state index in [4.69, 9.17) is 0 Å². The predicted octanol–water partition coefficient (Wildman–Crippen LogP) is 3.80. The molecule has 5 nitrogen and oxygen atoms in total. The van der Waals surface area contributed by atoms with Crippen LogP contribution in [0.3, 0.4) is 0 Å². The van der Waals surface area contributed by atoms with Crippen molar-refractivity contribution in [1.82, 2.24) is 14.8 Å². The van der Waals surface area contributed by atoms with Crippen molar-refractivity contribution >= 4 is 22.7 Å². The minimum Gasteiger partial charge on any atom is -0.342 e. The summed E-state index contributed by atoms with van der Waals surface area (Å²) in [7, 11) is 0. The van der Waals surface area contributed by atoms with E-state index >= 15 is 0 Å². The van der Waals surface area contributed by atoms with Crippen molar-refractivity contribution in [3.63, 3.8) is 0 Å². The van der Waals surface area contributed by atoms with Crippen molar-refractivity contribution in [3.8, 4) is 0 Å². The van der Waals surface area contributed by atoms with E-state index in [0.29, 0.717) is 24.6 Å². The number of carbonyl (C=O) groups excluding carboxylic acids is 2. The Hall–Kier alpha value is -2.43. The zero-order valence-corrected chi connectivity index (χ0v) is 16.7. The van der Waals surface area contributed by atoms with Gasteiger partial charge in [-0.05, 0) is 44.7 Å². The van der Waals surface area contributed by atoms with Crippen LogP contribution in [0, 0.1) is 12.8 Å². The lowest BCUT2D eigenvalue weighted by atomic mass is 9.94. The van der Waals surface area contributed by atoms with Gasteiger partial charge in [0.15, 0.2) is 0 Å². The molecule has 2 aromatic rings. The molecule has 0 unspecified atom stereocenters. The second kappa shape index (κ2) is 8.29. The minimum atomic E-state index is 0.0384. The first kappa shape index (κ1) is 18.9. The highest BCUT2D eigenvalue weighted by Crippen LogP contribution is 2.24. The van der Waals surface area contributed by atoms with Crippen molar-refractivity contribution < 1.29 is 9.59 Å². The third kappa shape index (κ3) is 3.89. The van der Waals surface area contributed by atoms with Crippen LogP contribution in [-0.4, -0.2) is 52.8 Å². The Bertz CT molecular complexity index is 863. The normalized spacial score (nSPS) is 18.9. The summed E-state index contributed by atoms with van der Waals surface area (Å²) in [6.45, 7) is 5.00. The number of hydrogen-bond acceptors (Lipinski definition) is 3. The quantitative estimate of drug-likeness (QED) is 0.798. The van der Waals surface area contributed by atoms with Gasteiger partial charge in [0.25, 0.3) is 5.91 Å². The first-order valence-corrected chi connectivity index (χ1v) is 10.6. The molecule has 4 rings (SSSR count). The molecule has 2 saturated heterocycles. The van der Waals surface area contributed by atoms with Crippen LogP contribution in [0.15, 0.2) is 30.3 Å². The molecule has 0 atom stereocenters. The third-order valence-corrected chi connectivity index (χ3v) is 6.19. The first-order valence-electron chi connectivity index (χ1n) is 10.6. The van der Waals surface area contributed by atoms with Crippen LogP contribution in [0.4, 0.5) is 0 Å². The Morgan fingerprint density at radius 3 is 2.32 bits per heavy atom. The molecule has 0 bridgehead atoms. The Morgan fingerprint density at radius 1 is 0.929 bits per heavy atom. The van der Waals surface area contributed by atoms with Gasteiger partial charge < -0.3 is 9.80 Å². The van der Waals surface area contributed by atoms with Crippen LogP contribution in [0.1, 0.15) is 54.6 Å². The molecule has 2 amide bonds. The summed E-state index contributed by atoms with van der Waals surface area (Å²) in [5, 5.41) is 0.989. The van der Waals surface area contributed by atoms with E-state index in [0.717, 1.165) is 55.4 Å². The maximum atomic E-state index is 13.1. The molecule has 2 aliphatic rings. The number of pyridine rings is 1. The summed E-state index contributed by atoms with van der Waals surface area (Å²) < 4.78 is 0. The van der Waals surface area contributed by atoms with Crippen LogP contribution < -0.4 is 0 Å². The second-order valence-corrected chi connectivity index (χ2v) is 8.12.